The summed E-state index contributed by atoms with van der Waals surface area (Å²) >= 11 is 0. The summed E-state index contributed by atoms with van der Waals surface area (Å²) in [5.41, 5.74) is 0. The summed E-state index contributed by atoms with van der Waals surface area (Å²) in [6.45, 7) is 0.879. The van der Waals surface area contributed by atoms with Crippen molar-refractivity contribution in [3.8, 4) is 0 Å². The molecule has 0 aromatic carbocycles. The average molecular weight is 153 g/mol. The summed E-state index contributed by atoms with van der Waals surface area (Å²) in [5, 5.41) is 2.43. The average Bonchev–Trinajstić information content (AvgIpc) is 1.63. The molecule has 0 aromatic rings. The van der Waals surface area contributed by atoms with Gasteiger partial charge in [0, 0.05) is 6.66 Å². The second kappa shape index (κ2) is 3.71. The van der Waals surface area contributed by atoms with Crippen LogP contribution in [0.2, 0.25) is 0 Å². The zero-order chi connectivity index (χ0) is 7.33. The minimum Gasteiger partial charge on any atom is -0.324 e. The van der Waals surface area contributed by atoms with Crippen molar-refractivity contribution in [1.29, 1.82) is 0 Å². The van der Waals surface area contributed by atoms with E-state index in [-0.39, 0.29) is 13.2 Å². The van der Waals surface area contributed by atoms with Gasteiger partial charge in [-0.1, -0.05) is 5.18 Å². The molecule has 0 aromatic heterocycles. The number of hydrogen-bond donors (Lipinski definition) is 1. The van der Waals surface area contributed by atoms with Crippen LogP contribution in [0.25, 0.3) is 0 Å². The third-order valence-electron chi connectivity index (χ3n) is 0.513. The summed E-state index contributed by atoms with van der Waals surface area (Å²) in [6, 6.07) is 0. The van der Waals surface area contributed by atoms with Gasteiger partial charge in [0.15, 0.2) is 0 Å². The first kappa shape index (κ1) is 8.75. The summed E-state index contributed by atoms with van der Waals surface area (Å²) in [5.74, 6) is 0. The molecule has 54 valence electrons. The van der Waals surface area contributed by atoms with Gasteiger partial charge in [-0.3, -0.25) is 4.57 Å². The van der Waals surface area contributed by atoms with Gasteiger partial charge in [-0.05, 0) is 0 Å². The Hall–Kier alpha value is -0.250. The Bertz CT molecular complexity index is 130. The third-order valence-corrected chi connectivity index (χ3v) is 1.18. The maximum atomic E-state index is 10.3. The highest BCUT2D eigenvalue weighted by Gasteiger charge is 2.07. The molecular formula is C3H8NO4P. The van der Waals surface area contributed by atoms with E-state index in [4.69, 9.17) is 4.89 Å². The highest BCUT2D eigenvalue weighted by atomic mass is 31.2. The van der Waals surface area contributed by atoms with Crippen molar-refractivity contribution in [2.75, 3.05) is 19.8 Å². The Kier molecular flexibility index (Phi) is 3.61. The first-order valence-electron chi connectivity index (χ1n) is 2.30. The Balaban J connectivity index is 3.28. The lowest BCUT2D eigenvalue weighted by atomic mass is 10.8. The molecule has 1 atom stereocenters. The van der Waals surface area contributed by atoms with Crippen molar-refractivity contribution < 1.29 is 14.0 Å². The fourth-order valence-electron chi connectivity index (χ4n) is 0.247. The van der Waals surface area contributed by atoms with Gasteiger partial charge >= 0.3 is 7.60 Å². The lowest BCUT2D eigenvalue weighted by Gasteiger charge is -2.02. The maximum Gasteiger partial charge on any atom is 0.325 e. The molecule has 5 nitrogen and oxygen atoms in total. The van der Waals surface area contributed by atoms with Crippen LogP contribution in [0.15, 0.2) is 5.18 Å². The molecule has 0 saturated heterocycles. The molecule has 1 unspecified atom stereocenters. The van der Waals surface area contributed by atoms with Crippen molar-refractivity contribution >= 4 is 7.60 Å². The molecular weight excluding hydrogens is 145 g/mol. The van der Waals surface area contributed by atoms with Gasteiger partial charge in [-0.2, -0.15) is 4.91 Å². The van der Waals surface area contributed by atoms with Crippen molar-refractivity contribution in [3.05, 3.63) is 4.91 Å². The van der Waals surface area contributed by atoms with Crippen LogP contribution in [0.3, 0.4) is 0 Å². The summed E-state index contributed by atoms with van der Waals surface area (Å²) < 4.78 is 14.6. The standard InChI is InChI=1S/C3H8NO4P/c1-9(6,7)8-3-2-4-5/h2-3H2,1H3,(H,6,7). The van der Waals surface area contributed by atoms with Gasteiger partial charge in [0.05, 0.1) is 6.61 Å². The number of rotatable bonds is 4. The van der Waals surface area contributed by atoms with Crippen molar-refractivity contribution in [2.45, 2.75) is 0 Å². The summed E-state index contributed by atoms with van der Waals surface area (Å²) in [6.07, 6.45) is 0. The molecule has 0 saturated carbocycles. The van der Waals surface area contributed by atoms with Gasteiger partial charge in [0.25, 0.3) is 0 Å². The first-order chi connectivity index (χ1) is 4.06. The van der Waals surface area contributed by atoms with Crippen LogP contribution in [-0.2, 0) is 9.09 Å². The van der Waals surface area contributed by atoms with E-state index in [1.165, 1.54) is 0 Å². The predicted octanol–water partition coefficient (Wildman–Crippen LogP) is 0.585. The maximum absolute atomic E-state index is 10.3. The Morgan fingerprint density at radius 3 is 2.67 bits per heavy atom. The van der Waals surface area contributed by atoms with Crippen LogP contribution in [-0.4, -0.2) is 24.7 Å². The molecule has 0 rings (SSSR count). The molecule has 0 amide bonds. The van der Waals surface area contributed by atoms with E-state index in [9.17, 15) is 9.47 Å². The van der Waals surface area contributed by atoms with Crippen molar-refractivity contribution in [1.82, 2.24) is 0 Å². The lowest BCUT2D eigenvalue weighted by Crippen LogP contribution is -1.93. The normalized spacial score (nSPS) is 16.7. The molecule has 0 aliphatic rings. The third kappa shape index (κ3) is 7.75. The topological polar surface area (TPSA) is 76.0 Å². The van der Waals surface area contributed by atoms with Crippen molar-refractivity contribution in [3.63, 3.8) is 0 Å². The van der Waals surface area contributed by atoms with E-state index in [1.807, 2.05) is 0 Å². The zero-order valence-electron chi connectivity index (χ0n) is 4.98. The van der Waals surface area contributed by atoms with E-state index in [0.717, 1.165) is 6.66 Å². The van der Waals surface area contributed by atoms with Crippen molar-refractivity contribution in [2.24, 2.45) is 5.18 Å². The zero-order valence-corrected chi connectivity index (χ0v) is 5.88. The van der Waals surface area contributed by atoms with E-state index in [1.54, 1.807) is 0 Å². The Labute approximate surface area is 52.5 Å². The predicted molar refractivity (Wildman–Crippen MR) is 32.4 cm³/mol. The van der Waals surface area contributed by atoms with Crippen LogP contribution in [0.4, 0.5) is 0 Å². The van der Waals surface area contributed by atoms with Gasteiger partial charge in [0.1, 0.15) is 6.54 Å². The minimum absolute atomic E-state index is 0.0849. The molecule has 6 heteroatoms. The summed E-state index contributed by atoms with van der Waals surface area (Å²) in [7, 11) is -3.39. The molecule has 0 bridgehead atoms. The SMILES string of the molecule is CP(=O)(O)OCCN=O. The number of nitroso groups, excluding NO2 is 1. The van der Waals surface area contributed by atoms with E-state index >= 15 is 0 Å². The quantitative estimate of drug-likeness (QED) is 0.364. The molecule has 0 radical (unpaired) electrons. The summed E-state index contributed by atoms with van der Waals surface area (Å²) in [4.78, 5) is 17.8. The van der Waals surface area contributed by atoms with Gasteiger partial charge in [-0.25, -0.2) is 0 Å². The second-order valence-electron chi connectivity index (χ2n) is 1.49. The lowest BCUT2D eigenvalue weighted by molar-refractivity contribution is 0.272. The van der Waals surface area contributed by atoms with Crippen LogP contribution >= 0.6 is 7.60 Å². The fourth-order valence-corrected chi connectivity index (χ4v) is 0.668. The fraction of sp³-hybridized carbons (Fsp3) is 1.00. The number of hydrogen-bond acceptors (Lipinski definition) is 4. The van der Waals surface area contributed by atoms with Crippen LogP contribution in [0, 0.1) is 4.91 Å². The Morgan fingerprint density at radius 1 is 1.78 bits per heavy atom. The van der Waals surface area contributed by atoms with Gasteiger partial charge in [0.2, 0.25) is 0 Å². The number of nitrogens with zero attached hydrogens (tertiary/aromatic N) is 1. The molecule has 0 aliphatic carbocycles. The first-order valence-corrected chi connectivity index (χ1v) is 4.32. The molecule has 9 heavy (non-hydrogen) atoms. The molecule has 0 aliphatic heterocycles. The minimum atomic E-state index is -3.39. The van der Waals surface area contributed by atoms with Gasteiger partial charge in [-0.15, -0.1) is 0 Å². The van der Waals surface area contributed by atoms with E-state index in [2.05, 4.69) is 9.70 Å². The highest BCUT2D eigenvalue weighted by molar-refractivity contribution is 7.51. The van der Waals surface area contributed by atoms with E-state index < -0.39 is 7.60 Å². The largest absolute Gasteiger partial charge is 0.325 e. The van der Waals surface area contributed by atoms with E-state index in [0.29, 0.717) is 0 Å². The molecule has 0 spiro atoms. The molecule has 0 fully saturated rings. The van der Waals surface area contributed by atoms with Crippen LogP contribution in [0.1, 0.15) is 0 Å². The monoisotopic (exact) mass is 153 g/mol. The smallest absolute Gasteiger partial charge is 0.324 e. The molecule has 0 heterocycles. The van der Waals surface area contributed by atoms with Gasteiger partial charge < -0.3 is 9.42 Å². The molecule has 1 N–H and O–H groups in total. The Morgan fingerprint density at radius 2 is 2.33 bits per heavy atom. The highest BCUT2D eigenvalue weighted by Crippen LogP contribution is 2.35. The second-order valence-corrected chi connectivity index (χ2v) is 3.35. The van der Waals surface area contributed by atoms with Crippen LogP contribution < -0.4 is 0 Å². The van der Waals surface area contributed by atoms with Crippen LogP contribution in [0.5, 0.6) is 0 Å².